The molecular weight excluding hydrogens is 592 g/mol. The van der Waals surface area contributed by atoms with Gasteiger partial charge in [-0.05, 0) is 23.1 Å². The summed E-state index contributed by atoms with van der Waals surface area (Å²) < 4.78 is 18.3. The number of rotatable bonds is 1. The molecule has 3 nitrogen and oxygen atoms in total. The van der Waals surface area contributed by atoms with Gasteiger partial charge in [0.25, 0.3) is 0 Å². The van der Waals surface area contributed by atoms with Crippen LogP contribution < -0.4 is 10.3 Å². The summed E-state index contributed by atoms with van der Waals surface area (Å²) in [5.41, 5.74) is 1.56. The van der Waals surface area contributed by atoms with Crippen LogP contribution >= 0.6 is 0 Å². The maximum Gasteiger partial charge on any atom is 0.123 e. The summed E-state index contributed by atoms with van der Waals surface area (Å²) in [6.07, 6.45) is 3.39. The van der Waals surface area contributed by atoms with Gasteiger partial charge in [0.2, 0.25) is 0 Å². The van der Waals surface area contributed by atoms with Crippen molar-refractivity contribution in [2.45, 2.75) is 0 Å². The van der Waals surface area contributed by atoms with Gasteiger partial charge in [0, 0.05) is 47.0 Å². The van der Waals surface area contributed by atoms with E-state index in [4.69, 9.17) is 4.74 Å². The van der Waals surface area contributed by atoms with E-state index in [0.29, 0.717) is 5.76 Å². The molecule has 0 unspecified atom stereocenters. The van der Waals surface area contributed by atoms with Crippen molar-refractivity contribution in [1.82, 2.24) is 10.3 Å². The van der Waals surface area contributed by atoms with Crippen LogP contribution in [-0.4, -0.2) is 0 Å². The van der Waals surface area contributed by atoms with Crippen LogP contribution in [0.4, 0.5) is 4.39 Å². The van der Waals surface area contributed by atoms with E-state index < -0.39 is 0 Å². The van der Waals surface area contributed by atoms with Gasteiger partial charge in [-0.25, -0.2) is 4.39 Å². The van der Waals surface area contributed by atoms with Crippen LogP contribution in [-0.2, 0) is 45.6 Å². The number of fused-ring (bicyclic) bond motifs is 1. The fraction of sp³-hybridized carbons (Fsp3) is 0. The summed E-state index contributed by atoms with van der Waals surface area (Å²) in [7, 11) is 0. The first-order chi connectivity index (χ1) is 7.34. The predicted molar refractivity (Wildman–Crippen MR) is 66.6 cm³/mol. The number of hydrogen-bond acceptors (Lipinski definition) is 2. The molecule has 3 rings (SSSR count). The number of halogens is 1. The van der Waals surface area contributed by atoms with Crippen LogP contribution in [0, 0.1) is 27.4 Å². The summed E-state index contributed by atoms with van der Waals surface area (Å²) in [4.78, 5) is 4.18. The van der Waals surface area contributed by atoms with Crippen molar-refractivity contribution in [3.8, 4) is 0 Å². The Morgan fingerprint density at radius 3 is 2.58 bits per heavy atom. The third-order valence-electron chi connectivity index (χ3n) is 2.32. The minimum atomic E-state index is -0.271. The molecule has 0 fully saturated rings. The maximum atomic E-state index is 13.1. The third-order valence-corrected chi connectivity index (χ3v) is 2.32. The van der Waals surface area contributed by atoms with Crippen molar-refractivity contribution in [1.29, 1.82) is 0 Å². The molecule has 0 amide bonds. The van der Waals surface area contributed by atoms with Gasteiger partial charge in [0.15, 0.2) is 0 Å². The number of nitrogens with one attached hydrogen (secondary N) is 1. The van der Waals surface area contributed by atoms with Gasteiger partial charge in [-0.2, -0.15) is 6.20 Å². The minimum absolute atomic E-state index is 0. The van der Waals surface area contributed by atoms with Crippen molar-refractivity contribution >= 4 is 16.7 Å². The third kappa shape index (κ3) is 3.91. The molecule has 2 radical (unpaired) electrons. The van der Waals surface area contributed by atoms with Gasteiger partial charge in [0.1, 0.15) is 11.6 Å². The quantitative estimate of drug-likeness (QED) is 0.509. The Hall–Kier alpha value is -0.645. The molecule has 1 aromatic carbocycles. The summed E-state index contributed by atoms with van der Waals surface area (Å²) >= 11 is 0. The molecule has 0 atom stereocenters. The number of benzene rings is 1. The first-order valence-corrected chi connectivity index (χ1v) is 4.50. The Labute approximate surface area is 140 Å². The van der Waals surface area contributed by atoms with Crippen LogP contribution in [0.15, 0.2) is 30.6 Å². The SMILES string of the molecule is Fc1ccc2[n-]cc(C3=CN[CH-]O3)c2c1.[CH3-].[CH3-].[Re].[Re]. The normalized spacial score (nSPS) is 11.7. The first kappa shape index (κ1) is 20.7. The van der Waals surface area contributed by atoms with E-state index in [-0.39, 0.29) is 61.5 Å². The second kappa shape index (κ2) is 8.51. The van der Waals surface area contributed by atoms with E-state index >= 15 is 0 Å². The second-order valence-corrected chi connectivity index (χ2v) is 3.24. The average Bonchev–Trinajstić information content (AvgIpc) is 2.83. The van der Waals surface area contributed by atoms with Gasteiger partial charge in [-0.3, -0.25) is 0 Å². The maximum absolute atomic E-state index is 13.1. The summed E-state index contributed by atoms with van der Waals surface area (Å²) in [6, 6.07) is 4.51. The van der Waals surface area contributed by atoms with Gasteiger partial charge in [-0.1, -0.05) is 12.8 Å². The Balaban J connectivity index is 0. The van der Waals surface area contributed by atoms with Crippen molar-refractivity contribution in [2.24, 2.45) is 0 Å². The van der Waals surface area contributed by atoms with Crippen molar-refractivity contribution < 1.29 is 50.0 Å². The Morgan fingerprint density at radius 1 is 1.21 bits per heavy atom. The van der Waals surface area contributed by atoms with Gasteiger partial charge in [-0.15, -0.1) is 5.52 Å². The van der Waals surface area contributed by atoms with Gasteiger partial charge in [0.05, 0.1) is 0 Å². The molecule has 1 aliphatic heterocycles. The standard InChI is InChI=1S/C11H7FN2O.2CH3.2Re/c12-7-1-2-10-8(3-7)9(4-14-10)11-5-13-6-15-11;;;;/h1-6,13H;2*1H3;;/q-2;2*-1;;. The van der Waals surface area contributed by atoms with Gasteiger partial charge < -0.3 is 29.9 Å². The average molecular weight is 605 g/mol. The second-order valence-electron chi connectivity index (χ2n) is 3.24. The molecule has 0 aliphatic carbocycles. The molecule has 2 heterocycles. The Morgan fingerprint density at radius 2 is 1.95 bits per heavy atom. The molecule has 1 aliphatic rings. The smallest absolute Gasteiger partial charge is 0.123 e. The molecule has 0 spiro atoms. The summed E-state index contributed by atoms with van der Waals surface area (Å²) in [6.45, 7) is 1.47. The molecule has 1 N–H and O–H groups in total. The van der Waals surface area contributed by atoms with Crippen molar-refractivity contribution in [3.63, 3.8) is 0 Å². The van der Waals surface area contributed by atoms with E-state index in [1.54, 1.807) is 18.5 Å². The molecule has 0 bridgehead atoms. The molecule has 106 valence electrons. The zero-order valence-corrected chi connectivity index (χ0v) is 15.9. The van der Waals surface area contributed by atoms with E-state index in [2.05, 4.69) is 10.3 Å². The predicted octanol–water partition coefficient (Wildman–Crippen LogP) is 2.87. The van der Waals surface area contributed by atoms with E-state index in [9.17, 15) is 4.39 Å². The molecule has 2 aromatic rings. The van der Waals surface area contributed by atoms with Crippen molar-refractivity contribution in [2.75, 3.05) is 0 Å². The number of hydrogen-bond donors (Lipinski definition) is 1. The van der Waals surface area contributed by atoms with E-state index in [0.717, 1.165) is 16.5 Å². The Kier molecular flexibility index (Phi) is 9.26. The zero-order valence-electron chi connectivity index (χ0n) is 10.5. The molecule has 0 saturated carbocycles. The van der Waals surface area contributed by atoms with Crippen LogP contribution in [0.25, 0.3) is 16.7 Å². The number of ether oxygens (including phenoxy) is 1. The minimum Gasteiger partial charge on any atom is -0.663 e. The van der Waals surface area contributed by atoms with Crippen LogP contribution in [0.1, 0.15) is 5.56 Å². The first-order valence-electron chi connectivity index (χ1n) is 4.50. The Bertz CT molecular complexity index is 555. The van der Waals surface area contributed by atoms with E-state index in [1.807, 2.05) is 0 Å². The summed E-state index contributed by atoms with van der Waals surface area (Å²) in [5.74, 6) is 0.385. The van der Waals surface area contributed by atoms with Crippen LogP contribution in [0.2, 0.25) is 0 Å². The molecule has 19 heavy (non-hydrogen) atoms. The fourth-order valence-corrected chi connectivity index (χ4v) is 1.62. The molecule has 6 heteroatoms. The van der Waals surface area contributed by atoms with Crippen LogP contribution in [0.3, 0.4) is 0 Å². The molecule has 0 saturated heterocycles. The monoisotopic (exact) mass is 606 g/mol. The fourth-order valence-electron chi connectivity index (χ4n) is 1.62. The summed E-state index contributed by atoms with van der Waals surface area (Å²) in [5, 5.41) is 3.57. The number of aromatic nitrogens is 1. The van der Waals surface area contributed by atoms with E-state index in [1.165, 1.54) is 18.9 Å². The topological polar surface area (TPSA) is 35.4 Å². The molecule has 1 aromatic heterocycles. The van der Waals surface area contributed by atoms with Crippen molar-refractivity contribution in [3.05, 3.63) is 63.6 Å². The molecular formula is C13H13FN2ORe2-4. The number of nitrogens with zero attached hydrogens (tertiary/aromatic N) is 1. The largest absolute Gasteiger partial charge is 0.663 e. The zero-order chi connectivity index (χ0) is 10.3. The van der Waals surface area contributed by atoms with Gasteiger partial charge >= 0.3 is 0 Å². The van der Waals surface area contributed by atoms with Crippen LogP contribution in [0.5, 0.6) is 0 Å².